The van der Waals surface area contributed by atoms with Gasteiger partial charge in [-0.2, -0.15) is 0 Å². The fraction of sp³-hybridized carbons (Fsp3) is 0. The first-order valence-corrected chi connectivity index (χ1v) is 8.05. The summed E-state index contributed by atoms with van der Waals surface area (Å²) >= 11 is 3.09. The number of rotatable bonds is 4. The van der Waals surface area contributed by atoms with Gasteiger partial charge < -0.3 is 10.4 Å². The van der Waals surface area contributed by atoms with Crippen molar-refractivity contribution in [3.05, 3.63) is 82.6 Å². The molecule has 0 unspecified atom stereocenters. The average molecular weight is 385 g/mol. The molecule has 120 valence electrons. The summed E-state index contributed by atoms with van der Waals surface area (Å²) in [7, 11) is 0. The Balaban J connectivity index is 1.73. The molecular weight excluding hydrogens is 371 g/mol. The van der Waals surface area contributed by atoms with Crippen LogP contribution in [0.3, 0.4) is 0 Å². The zero-order valence-electron chi connectivity index (χ0n) is 12.6. The van der Waals surface area contributed by atoms with Crippen molar-refractivity contribution in [2.75, 3.05) is 5.32 Å². The van der Waals surface area contributed by atoms with Crippen molar-refractivity contribution in [1.82, 2.24) is 0 Å². The van der Waals surface area contributed by atoms with E-state index >= 15 is 0 Å². The summed E-state index contributed by atoms with van der Waals surface area (Å²) in [5.74, 6) is -0.664. The maximum Gasteiger partial charge on any atom is 0.141 e. The molecule has 3 rings (SSSR count). The highest BCUT2D eigenvalue weighted by atomic mass is 79.9. The van der Waals surface area contributed by atoms with E-state index in [0.717, 1.165) is 23.1 Å². The van der Waals surface area contributed by atoms with Gasteiger partial charge in [-0.1, -0.05) is 18.2 Å². The number of halogens is 2. The van der Waals surface area contributed by atoms with Crippen molar-refractivity contribution >= 4 is 39.2 Å². The molecule has 0 aliphatic rings. The van der Waals surface area contributed by atoms with Gasteiger partial charge in [0, 0.05) is 29.2 Å². The molecule has 0 radical (unpaired) electrons. The topological polar surface area (TPSA) is 44.6 Å². The Kier molecular flexibility index (Phi) is 4.91. The Hall–Kier alpha value is -2.66. The number of phenolic OH excluding ortho intramolecular Hbond substituents is 1. The summed E-state index contributed by atoms with van der Waals surface area (Å²) < 4.78 is 13.6. The molecule has 0 amide bonds. The molecule has 0 aliphatic carbocycles. The van der Waals surface area contributed by atoms with E-state index in [1.807, 2.05) is 54.6 Å². The summed E-state index contributed by atoms with van der Waals surface area (Å²) in [4.78, 5) is 4.30. The number of benzene rings is 3. The zero-order chi connectivity index (χ0) is 16.9. The van der Waals surface area contributed by atoms with Crippen molar-refractivity contribution in [1.29, 1.82) is 0 Å². The summed E-state index contributed by atoms with van der Waals surface area (Å²) in [6, 6.07) is 20.0. The van der Waals surface area contributed by atoms with Crippen LogP contribution in [0.1, 0.15) is 5.56 Å². The standard InChI is InChI=1S/C19H14BrFN2O/c20-17-10-13(19(24)11-18(17)21)12-22-14-6-8-16(9-7-14)23-15-4-2-1-3-5-15/h1-12,23-24H. The molecule has 0 atom stereocenters. The van der Waals surface area contributed by atoms with Crippen LogP contribution in [0.5, 0.6) is 5.75 Å². The summed E-state index contributed by atoms with van der Waals surface area (Å²) in [6.07, 6.45) is 1.50. The average Bonchev–Trinajstić information content (AvgIpc) is 2.59. The molecule has 3 aromatic rings. The normalized spacial score (nSPS) is 10.9. The monoisotopic (exact) mass is 384 g/mol. The Labute approximate surface area is 147 Å². The Morgan fingerprint density at radius 3 is 2.33 bits per heavy atom. The van der Waals surface area contributed by atoms with Gasteiger partial charge in [0.25, 0.3) is 0 Å². The van der Waals surface area contributed by atoms with E-state index in [-0.39, 0.29) is 10.2 Å². The van der Waals surface area contributed by atoms with Gasteiger partial charge in [0.1, 0.15) is 11.6 Å². The van der Waals surface area contributed by atoms with Crippen LogP contribution in [0.4, 0.5) is 21.5 Å². The number of nitrogens with zero attached hydrogens (tertiary/aromatic N) is 1. The first-order chi connectivity index (χ1) is 11.6. The van der Waals surface area contributed by atoms with Crippen molar-refractivity contribution in [2.45, 2.75) is 0 Å². The van der Waals surface area contributed by atoms with E-state index in [2.05, 4.69) is 26.2 Å². The zero-order valence-corrected chi connectivity index (χ0v) is 14.2. The predicted octanol–water partition coefficient (Wildman–Crippen LogP) is 5.79. The van der Waals surface area contributed by atoms with Crippen LogP contribution < -0.4 is 5.32 Å². The lowest BCUT2D eigenvalue weighted by molar-refractivity contribution is 0.467. The Bertz CT molecular complexity index is 865. The van der Waals surface area contributed by atoms with Crippen molar-refractivity contribution < 1.29 is 9.50 Å². The van der Waals surface area contributed by atoms with Crippen LogP contribution in [0, 0.1) is 5.82 Å². The molecule has 0 heterocycles. The van der Waals surface area contributed by atoms with Gasteiger partial charge in [-0.15, -0.1) is 0 Å². The van der Waals surface area contributed by atoms with Crippen molar-refractivity contribution in [3.63, 3.8) is 0 Å². The minimum Gasteiger partial charge on any atom is -0.507 e. The van der Waals surface area contributed by atoms with Crippen LogP contribution in [-0.4, -0.2) is 11.3 Å². The fourth-order valence-electron chi connectivity index (χ4n) is 2.12. The Morgan fingerprint density at radius 1 is 0.958 bits per heavy atom. The van der Waals surface area contributed by atoms with Gasteiger partial charge in [0.05, 0.1) is 10.2 Å². The molecule has 3 aromatic carbocycles. The number of aromatic hydroxyl groups is 1. The van der Waals surface area contributed by atoms with Gasteiger partial charge in [0.15, 0.2) is 0 Å². The molecule has 0 saturated carbocycles. The molecule has 2 N–H and O–H groups in total. The molecule has 0 spiro atoms. The summed E-state index contributed by atoms with van der Waals surface area (Å²) in [5, 5.41) is 13.0. The molecule has 0 saturated heterocycles. The number of aliphatic imine (C=N–C) groups is 1. The largest absolute Gasteiger partial charge is 0.507 e. The summed E-state index contributed by atoms with van der Waals surface area (Å²) in [6.45, 7) is 0. The van der Waals surface area contributed by atoms with Crippen molar-refractivity contribution in [2.24, 2.45) is 4.99 Å². The quantitative estimate of drug-likeness (QED) is 0.559. The smallest absolute Gasteiger partial charge is 0.141 e. The lowest BCUT2D eigenvalue weighted by Crippen LogP contribution is -1.88. The third kappa shape index (κ3) is 4.00. The molecule has 0 aliphatic heterocycles. The third-order valence-corrected chi connectivity index (χ3v) is 3.96. The van der Waals surface area contributed by atoms with Crippen LogP contribution in [0.15, 0.2) is 76.2 Å². The van der Waals surface area contributed by atoms with Crippen LogP contribution in [0.25, 0.3) is 0 Å². The van der Waals surface area contributed by atoms with Gasteiger partial charge in [0.2, 0.25) is 0 Å². The van der Waals surface area contributed by atoms with Gasteiger partial charge in [-0.05, 0) is 58.4 Å². The molecule has 24 heavy (non-hydrogen) atoms. The number of hydrogen-bond donors (Lipinski definition) is 2. The Morgan fingerprint density at radius 2 is 1.62 bits per heavy atom. The van der Waals surface area contributed by atoms with Gasteiger partial charge in [-0.3, -0.25) is 4.99 Å². The third-order valence-electron chi connectivity index (χ3n) is 3.35. The fourth-order valence-corrected chi connectivity index (χ4v) is 2.48. The second-order valence-electron chi connectivity index (χ2n) is 5.12. The minimum absolute atomic E-state index is 0.151. The molecule has 0 aromatic heterocycles. The molecular formula is C19H14BrFN2O. The first-order valence-electron chi connectivity index (χ1n) is 7.26. The number of para-hydroxylation sites is 1. The maximum absolute atomic E-state index is 13.3. The molecule has 0 bridgehead atoms. The van der Waals surface area contributed by atoms with Crippen LogP contribution in [-0.2, 0) is 0 Å². The number of nitrogens with one attached hydrogen (secondary N) is 1. The first kappa shape index (κ1) is 16.2. The molecule has 3 nitrogen and oxygen atoms in total. The number of hydrogen-bond acceptors (Lipinski definition) is 3. The SMILES string of the molecule is Oc1cc(F)c(Br)cc1C=Nc1ccc(Nc2ccccc2)cc1. The lowest BCUT2D eigenvalue weighted by Gasteiger charge is -2.06. The number of phenols is 1. The van der Waals surface area contributed by atoms with E-state index in [0.29, 0.717) is 5.56 Å². The second-order valence-corrected chi connectivity index (χ2v) is 5.98. The maximum atomic E-state index is 13.3. The predicted molar refractivity (Wildman–Crippen MR) is 99.2 cm³/mol. The highest BCUT2D eigenvalue weighted by molar-refractivity contribution is 9.10. The second kappa shape index (κ2) is 7.27. The highest BCUT2D eigenvalue weighted by Crippen LogP contribution is 2.25. The highest BCUT2D eigenvalue weighted by Gasteiger charge is 2.05. The van der Waals surface area contributed by atoms with Gasteiger partial charge >= 0.3 is 0 Å². The van der Waals surface area contributed by atoms with Crippen molar-refractivity contribution in [3.8, 4) is 5.75 Å². The van der Waals surface area contributed by atoms with E-state index in [4.69, 9.17) is 0 Å². The number of anilines is 2. The molecule has 5 heteroatoms. The van der Waals surface area contributed by atoms with E-state index in [9.17, 15) is 9.50 Å². The van der Waals surface area contributed by atoms with Gasteiger partial charge in [-0.25, -0.2) is 4.39 Å². The van der Waals surface area contributed by atoms with E-state index in [1.54, 1.807) is 0 Å². The summed E-state index contributed by atoms with van der Waals surface area (Å²) in [5.41, 5.74) is 3.13. The molecule has 0 fully saturated rings. The van der Waals surface area contributed by atoms with Crippen LogP contribution >= 0.6 is 15.9 Å². The van der Waals surface area contributed by atoms with E-state index < -0.39 is 5.82 Å². The minimum atomic E-state index is -0.513. The lowest BCUT2D eigenvalue weighted by atomic mass is 10.2. The van der Waals surface area contributed by atoms with Crippen LogP contribution in [0.2, 0.25) is 0 Å². The van der Waals surface area contributed by atoms with E-state index in [1.165, 1.54) is 12.3 Å².